The lowest BCUT2D eigenvalue weighted by atomic mass is 10.0. The van der Waals surface area contributed by atoms with Gasteiger partial charge in [0.2, 0.25) is 0 Å². The maximum absolute atomic E-state index is 9.19. The van der Waals surface area contributed by atoms with Crippen molar-refractivity contribution in [1.82, 2.24) is 29.8 Å². The summed E-state index contributed by atoms with van der Waals surface area (Å²) in [7, 11) is 3.72. The van der Waals surface area contributed by atoms with E-state index in [1.165, 1.54) is 0 Å². The first-order valence-corrected chi connectivity index (χ1v) is 7.35. The van der Waals surface area contributed by atoms with Gasteiger partial charge >= 0.3 is 0 Å². The molecule has 0 saturated carbocycles. The Hall–Kier alpha value is -3.53. The Morgan fingerprint density at radius 3 is 2.71 bits per heavy atom. The Kier molecular flexibility index (Phi) is 3.10. The number of pyridine rings is 1. The standard InChI is InChI=1S/C17H13N7/c1-23-10-12(9-19-23)14-5-4-13(8-18)20-17(14)11-3-6-16-15(7-11)21-22-24(16)2/h3-7,9-10H,1-2H3. The van der Waals surface area contributed by atoms with E-state index in [1.807, 2.05) is 44.6 Å². The molecule has 24 heavy (non-hydrogen) atoms. The van der Waals surface area contributed by atoms with Crippen molar-refractivity contribution in [3.8, 4) is 28.5 Å². The summed E-state index contributed by atoms with van der Waals surface area (Å²) in [5, 5.41) is 21.6. The normalized spacial score (nSPS) is 10.9. The van der Waals surface area contributed by atoms with Gasteiger partial charge in [-0.15, -0.1) is 5.10 Å². The minimum atomic E-state index is 0.372. The van der Waals surface area contributed by atoms with Gasteiger partial charge in [-0.05, 0) is 24.3 Å². The number of aryl methyl sites for hydroxylation is 2. The number of benzene rings is 1. The van der Waals surface area contributed by atoms with Crippen LogP contribution < -0.4 is 0 Å². The van der Waals surface area contributed by atoms with E-state index in [0.717, 1.165) is 33.4 Å². The highest BCUT2D eigenvalue weighted by atomic mass is 15.4. The van der Waals surface area contributed by atoms with Gasteiger partial charge in [0.05, 0.1) is 17.4 Å². The van der Waals surface area contributed by atoms with Crippen LogP contribution in [0.2, 0.25) is 0 Å². The van der Waals surface area contributed by atoms with Crippen LogP contribution in [0.5, 0.6) is 0 Å². The van der Waals surface area contributed by atoms with Crippen LogP contribution in [-0.4, -0.2) is 29.8 Å². The number of nitriles is 1. The number of nitrogens with zero attached hydrogens (tertiary/aromatic N) is 7. The second-order valence-electron chi connectivity index (χ2n) is 5.52. The number of aromatic nitrogens is 6. The number of fused-ring (bicyclic) bond motifs is 1. The summed E-state index contributed by atoms with van der Waals surface area (Å²) < 4.78 is 3.46. The Morgan fingerprint density at radius 2 is 1.96 bits per heavy atom. The molecular formula is C17H13N7. The molecule has 0 spiro atoms. The molecule has 116 valence electrons. The van der Waals surface area contributed by atoms with Gasteiger partial charge in [-0.3, -0.25) is 4.68 Å². The third-order valence-electron chi connectivity index (χ3n) is 3.91. The fraction of sp³-hybridized carbons (Fsp3) is 0.118. The van der Waals surface area contributed by atoms with Crippen molar-refractivity contribution in [2.75, 3.05) is 0 Å². The van der Waals surface area contributed by atoms with Crippen molar-refractivity contribution in [3.05, 3.63) is 48.4 Å². The summed E-state index contributed by atoms with van der Waals surface area (Å²) >= 11 is 0. The van der Waals surface area contributed by atoms with E-state index < -0.39 is 0 Å². The molecule has 0 bridgehead atoms. The Balaban J connectivity index is 1.95. The predicted octanol–water partition coefficient (Wildman–Crippen LogP) is 2.30. The van der Waals surface area contributed by atoms with Crippen LogP contribution in [0.3, 0.4) is 0 Å². The molecule has 0 fully saturated rings. The van der Waals surface area contributed by atoms with E-state index in [0.29, 0.717) is 5.69 Å². The third-order valence-corrected chi connectivity index (χ3v) is 3.91. The van der Waals surface area contributed by atoms with Crippen molar-refractivity contribution in [1.29, 1.82) is 5.26 Å². The minimum Gasteiger partial charge on any atom is -0.275 e. The third kappa shape index (κ3) is 2.21. The second-order valence-corrected chi connectivity index (χ2v) is 5.52. The summed E-state index contributed by atoms with van der Waals surface area (Å²) in [4.78, 5) is 4.51. The van der Waals surface area contributed by atoms with Crippen molar-refractivity contribution in [2.45, 2.75) is 0 Å². The minimum absolute atomic E-state index is 0.372. The molecule has 0 amide bonds. The Bertz CT molecular complexity index is 1100. The monoisotopic (exact) mass is 315 g/mol. The van der Waals surface area contributed by atoms with Gasteiger partial charge in [0, 0.05) is 37.0 Å². The molecule has 3 aromatic heterocycles. The molecule has 0 unspecified atom stereocenters. The fourth-order valence-corrected chi connectivity index (χ4v) is 2.72. The molecule has 0 N–H and O–H groups in total. The van der Waals surface area contributed by atoms with E-state index >= 15 is 0 Å². The highest BCUT2D eigenvalue weighted by Gasteiger charge is 2.13. The number of hydrogen-bond acceptors (Lipinski definition) is 5. The molecule has 0 aliphatic heterocycles. The van der Waals surface area contributed by atoms with Crippen molar-refractivity contribution >= 4 is 11.0 Å². The summed E-state index contributed by atoms with van der Waals surface area (Å²) in [5.74, 6) is 0. The molecule has 4 aromatic rings. The van der Waals surface area contributed by atoms with Gasteiger partial charge in [0.15, 0.2) is 0 Å². The zero-order chi connectivity index (χ0) is 16.7. The quantitative estimate of drug-likeness (QED) is 0.566. The van der Waals surface area contributed by atoms with E-state index in [1.54, 1.807) is 21.6 Å². The smallest absolute Gasteiger partial charge is 0.141 e. The second kappa shape index (κ2) is 5.28. The molecule has 7 nitrogen and oxygen atoms in total. The molecule has 0 atom stereocenters. The van der Waals surface area contributed by atoms with Crippen molar-refractivity contribution in [2.24, 2.45) is 14.1 Å². The summed E-state index contributed by atoms with van der Waals surface area (Å²) in [6, 6.07) is 11.6. The zero-order valence-corrected chi connectivity index (χ0v) is 13.2. The predicted molar refractivity (Wildman–Crippen MR) is 88.7 cm³/mol. The number of hydrogen-bond donors (Lipinski definition) is 0. The lowest BCUT2D eigenvalue weighted by molar-refractivity contribution is 0.736. The topological polar surface area (TPSA) is 85.2 Å². The van der Waals surface area contributed by atoms with E-state index in [4.69, 9.17) is 0 Å². The molecule has 4 rings (SSSR count). The maximum Gasteiger partial charge on any atom is 0.141 e. The maximum atomic E-state index is 9.19. The van der Waals surface area contributed by atoms with Crippen LogP contribution in [0, 0.1) is 11.3 Å². The highest BCUT2D eigenvalue weighted by Crippen LogP contribution is 2.31. The first-order valence-electron chi connectivity index (χ1n) is 7.35. The first kappa shape index (κ1) is 14.1. The van der Waals surface area contributed by atoms with Crippen LogP contribution in [0.4, 0.5) is 0 Å². The van der Waals surface area contributed by atoms with Gasteiger partial charge in [-0.1, -0.05) is 11.3 Å². The van der Waals surface area contributed by atoms with E-state index in [9.17, 15) is 5.26 Å². The molecular weight excluding hydrogens is 302 g/mol. The largest absolute Gasteiger partial charge is 0.275 e. The zero-order valence-electron chi connectivity index (χ0n) is 13.2. The van der Waals surface area contributed by atoms with Crippen LogP contribution in [0.25, 0.3) is 33.4 Å². The van der Waals surface area contributed by atoms with Crippen molar-refractivity contribution < 1.29 is 0 Å². The molecule has 0 aliphatic rings. The summed E-state index contributed by atoms with van der Waals surface area (Å²) in [5.41, 5.74) is 5.59. The SMILES string of the molecule is Cn1cc(-c2ccc(C#N)nc2-c2ccc3c(c2)nnn3C)cn1. The van der Waals surface area contributed by atoms with Crippen LogP contribution in [0.1, 0.15) is 5.69 Å². The van der Waals surface area contributed by atoms with Gasteiger partial charge in [0.1, 0.15) is 17.3 Å². The molecule has 0 saturated heterocycles. The van der Waals surface area contributed by atoms with E-state index in [-0.39, 0.29) is 0 Å². The molecule has 3 heterocycles. The summed E-state index contributed by atoms with van der Waals surface area (Å²) in [6.07, 6.45) is 3.71. The Morgan fingerprint density at radius 1 is 1.08 bits per heavy atom. The molecule has 0 aliphatic carbocycles. The van der Waals surface area contributed by atoms with Crippen LogP contribution in [-0.2, 0) is 14.1 Å². The van der Waals surface area contributed by atoms with Gasteiger partial charge in [-0.2, -0.15) is 10.4 Å². The first-order chi connectivity index (χ1) is 11.7. The lowest BCUT2D eigenvalue weighted by Gasteiger charge is -2.08. The Labute approximate surface area is 137 Å². The molecule has 0 radical (unpaired) electrons. The van der Waals surface area contributed by atoms with Gasteiger partial charge in [0.25, 0.3) is 0 Å². The van der Waals surface area contributed by atoms with Crippen LogP contribution in [0.15, 0.2) is 42.7 Å². The molecule has 1 aromatic carbocycles. The van der Waals surface area contributed by atoms with Gasteiger partial charge in [-0.25, -0.2) is 9.67 Å². The van der Waals surface area contributed by atoms with E-state index in [2.05, 4.69) is 26.5 Å². The fourth-order valence-electron chi connectivity index (χ4n) is 2.72. The average Bonchev–Trinajstić information content (AvgIpc) is 3.20. The number of rotatable bonds is 2. The van der Waals surface area contributed by atoms with Crippen molar-refractivity contribution in [3.63, 3.8) is 0 Å². The highest BCUT2D eigenvalue weighted by molar-refractivity contribution is 5.86. The van der Waals surface area contributed by atoms with Crippen LogP contribution >= 0.6 is 0 Å². The molecule has 7 heteroatoms. The average molecular weight is 315 g/mol. The van der Waals surface area contributed by atoms with Gasteiger partial charge < -0.3 is 0 Å². The summed E-state index contributed by atoms with van der Waals surface area (Å²) in [6.45, 7) is 0. The lowest BCUT2D eigenvalue weighted by Crippen LogP contribution is -1.93.